The molecule has 2 N–H and O–H groups in total. The van der Waals surface area contributed by atoms with Gasteiger partial charge in [0.1, 0.15) is 0 Å². The lowest BCUT2D eigenvalue weighted by Crippen LogP contribution is -2.13. The maximum absolute atomic E-state index is 11.8. The fourth-order valence-corrected chi connectivity index (χ4v) is 2.18. The number of fused-ring (bicyclic) bond motifs is 1. The molecule has 90 valence electrons. The first-order chi connectivity index (χ1) is 8.10. The zero-order chi connectivity index (χ0) is 12.4. The van der Waals surface area contributed by atoms with Gasteiger partial charge in [0.2, 0.25) is 0 Å². The second-order valence-electron chi connectivity index (χ2n) is 3.86. The minimum atomic E-state index is -0.298. The molecule has 0 aliphatic rings. The van der Waals surface area contributed by atoms with Gasteiger partial charge in [0.05, 0.1) is 21.9 Å². The van der Waals surface area contributed by atoms with Crippen LogP contribution in [0.5, 0.6) is 0 Å². The van der Waals surface area contributed by atoms with Crippen LogP contribution in [-0.4, -0.2) is 17.1 Å². The van der Waals surface area contributed by atoms with E-state index in [0.717, 1.165) is 16.6 Å². The van der Waals surface area contributed by atoms with E-state index in [4.69, 9.17) is 10.5 Å². The Bertz CT molecular complexity index is 550. The molecule has 0 saturated heterocycles. The van der Waals surface area contributed by atoms with Crippen LogP contribution in [-0.2, 0) is 4.74 Å². The number of benzene rings is 1. The van der Waals surface area contributed by atoms with Gasteiger partial charge in [0, 0.05) is 0 Å². The monoisotopic (exact) mass is 250 g/mol. The number of ether oxygens (including phenoxy) is 1. The molecule has 0 saturated carbocycles. The van der Waals surface area contributed by atoms with Crippen molar-refractivity contribution in [1.29, 1.82) is 0 Å². The summed E-state index contributed by atoms with van der Waals surface area (Å²) in [5.41, 5.74) is 6.97. The number of carbonyl (C=O) groups is 1. The third kappa shape index (κ3) is 2.55. The normalized spacial score (nSPS) is 12.6. The predicted molar refractivity (Wildman–Crippen MR) is 69.2 cm³/mol. The Hall–Kier alpha value is -1.62. The fraction of sp³-hybridized carbons (Fsp3) is 0.333. The van der Waals surface area contributed by atoms with Gasteiger partial charge in [-0.3, -0.25) is 0 Å². The van der Waals surface area contributed by atoms with Crippen molar-refractivity contribution in [2.75, 3.05) is 5.73 Å². The third-order valence-electron chi connectivity index (χ3n) is 2.52. The molecule has 1 aromatic heterocycles. The molecule has 0 aliphatic carbocycles. The molecule has 0 spiro atoms. The summed E-state index contributed by atoms with van der Waals surface area (Å²) in [5, 5.41) is 0.507. The molecule has 0 unspecified atom stereocenters. The number of nitrogens with two attached hydrogens (primary N) is 1. The van der Waals surface area contributed by atoms with Gasteiger partial charge in [-0.15, -0.1) is 0 Å². The van der Waals surface area contributed by atoms with Crippen molar-refractivity contribution in [2.45, 2.75) is 26.4 Å². The van der Waals surface area contributed by atoms with E-state index in [0.29, 0.717) is 10.7 Å². The van der Waals surface area contributed by atoms with Gasteiger partial charge >= 0.3 is 5.97 Å². The molecule has 2 rings (SSSR count). The van der Waals surface area contributed by atoms with Gasteiger partial charge in [-0.25, -0.2) is 9.78 Å². The van der Waals surface area contributed by atoms with Crippen molar-refractivity contribution in [3.05, 3.63) is 23.8 Å². The smallest absolute Gasteiger partial charge is 0.338 e. The number of thiazole rings is 1. The molecule has 4 nitrogen and oxygen atoms in total. The van der Waals surface area contributed by atoms with Crippen LogP contribution in [0.1, 0.15) is 30.6 Å². The van der Waals surface area contributed by atoms with Crippen LogP contribution in [0, 0.1) is 0 Å². The second kappa shape index (κ2) is 4.71. The van der Waals surface area contributed by atoms with Gasteiger partial charge in [0.25, 0.3) is 0 Å². The molecule has 0 fully saturated rings. The molecule has 1 atom stereocenters. The van der Waals surface area contributed by atoms with Crippen molar-refractivity contribution in [2.24, 2.45) is 0 Å². The molecule has 0 radical (unpaired) electrons. The molecular weight excluding hydrogens is 236 g/mol. The molecule has 17 heavy (non-hydrogen) atoms. The summed E-state index contributed by atoms with van der Waals surface area (Å²) in [6, 6.07) is 5.27. The van der Waals surface area contributed by atoms with E-state index in [-0.39, 0.29) is 12.1 Å². The fourth-order valence-electron chi connectivity index (χ4n) is 1.40. The second-order valence-corrected chi connectivity index (χ2v) is 4.92. The molecule has 0 aliphatic heterocycles. The lowest BCUT2D eigenvalue weighted by atomic mass is 10.2. The summed E-state index contributed by atoms with van der Waals surface area (Å²) in [7, 11) is 0. The van der Waals surface area contributed by atoms with Crippen LogP contribution in [0.3, 0.4) is 0 Å². The highest BCUT2D eigenvalue weighted by atomic mass is 32.1. The van der Waals surface area contributed by atoms with Crippen LogP contribution in [0.15, 0.2) is 18.2 Å². The summed E-state index contributed by atoms with van der Waals surface area (Å²) in [4.78, 5) is 15.9. The predicted octanol–water partition coefficient (Wildman–Crippen LogP) is 2.83. The van der Waals surface area contributed by atoms with E-state index < -0.39 is 0 Å². The standard InChI is InChI=1S/C12H14N2O2S/c1-3-7(2)16-11(15)8-4-5-9-10(6-8)17-12(13)14-9/h4-7H,3H2,1-2H3,(H2,13,14)/t7-/m1/s1. The molecule has 0 bridgehead atoms. The van der Waals surface area contributed by atoms with E-state index in [1.54, 1.807) is 18.2 Å². The van der Waals surface area contributed by atoms with E-state index in [1.165, 1.54) is 11.3 Å². The van der Waals surface area contributed by atoms with Gasteiger partial charge < -0.3 is 10.5 Å². The van der Waals surface area contributed by atoms with Gasteiger partial charge in [-0.1, -0.05) is 18.3 Å². The number of hydrogen-bond acceptors (Lipinski definition) is 5. The Labute approximate surface area is 103 Å². The summed E-state index contributed by atoms with van der Waals surface area (Å²) >= 11 is 1.37. The molecule has 1 heterocycles. The SMILES string of the molecule is CC[C@@H](C)OC(=O)c1ccc2nc(N)sc2c1. The zero-order valence-corrected chi connectivity index (χ0v) is 10.6. The number of nitrogens with zero attached hydrogens (tertiary/aromatic N) is 1. The van der Waals surface area contributed by atoms with Crippen molar-refractivity contribution in [3.63, 3.8) is 0 Å². The minimum absolute atomic E-state index is 0.0651. The van der Waals surface area contributed by atoms with Crippen molar-refractivity contribution in [3.8, 4) is 0 Å². The largest absolute Gasteiger partial charge is 0.459 e. The van der Waals surface area contributed by atoms with E-state index in [1.807, 2.05) is 13.8 Å². The zero-order valence-electron chi connectivity index (χ0n) is 9.77. The highest BCUT2D eigenvalue weighted by Gasteiger charge is 2.12. The third-order valence-corrected chi connectivity index (χ3v) is 3.37. The number of carbonyl (C=O) groups excluding carboxylic acids is 1. The van der Waals surface area contributed by atoms with Crippen LogP contribution in [0.4, 0.5) is 5.13 Å². The number of aromatic nitrogens is 1. The molecule has 0 amide bonds. The van der Waals surface area contributed by atoms with Crippen LogP contribution in [0.2, 0.25) is 0 Å². The van der Waals surface area contributed by atoms with Crippen LogP contribution >= 0.6 is 11.3 Å². The van der Waals surface area contributed by atoms with E-state index >= 15 is 0 Å². The van der Waals surface area contributed by atoms with E-state index in [9.17, 15) is 4.79 Å². The Kier molecular flexibility index (Phi) is 3.28. The van der Waals surface area contributed by atoms with Crippen molar-refractivity contribution < 1.29 is 9.53 Å². The molecule has 5 heteroatoms. The number of rotatable bonds is 3. The highest BCUT2D eigenvalue weighted by molar-refractivity contribution is 7.22. The van der Waals surface area contributed by atoms with E-state index in [2.05, 4.69) is 4.98 Å². The molecule has 1 aromatic carbocycles. The summed E-state index contributed by atoms with van der Waals surface area (Å²) < 4.78 is 6.16. The first kappa shape index (κ1) is 11.9. The van der Waals surface area contributed by atoms with Gasteiger partial charge in [-0.2, -0.15) is 0 Å². The summed E-state index contributed by atoms with van der Waals surface area (Å²) in [6.45, 7) is 3.85. The summed E-state index contributed by atoms with van der Waals surface area (Å²) in [5.74, 6) is -0.298. The first-order valence-electron chi connectivity index (χ1n) is 5.47. The lowest BCUT2D eigenvalue weighted by molar-refractivity contribution is 0.0335. The number of hydrogen-bond donors (Lipinski definition) is 1. The number of nitrogen functional groups attached to an aromatic ring is 1. The number of anilines is 1. The molecule has 2 aromatic rings. The Balaban J connectivity index is 2.26. The highest BCUT2D eigenvalue weighted by Crippen LogP contribution is 2.25. The van der Waals surface area contributed by atoms with Crippen LogP contribution in [0.25, 0.3) is 10.2 Å². The first-order valence-corrected chi connectivity index (χ1v) is 6.29. The Morgan fingerprint density at radius 3 is 3.06 bits per heavy atom. The van der Waals surface area contributed by atoms with Gasteiger partial charge in [-0.05, 0) is 31.5 Å². The van der Waals surface area contributed by atoms with Gasteiger partial charge in [0.15, 0.2) is 5.13 Å². The average Bonchev–Trinajstić information content (AvgIpc) is 2.67. The van der Waals surface area contributed by atoms with Crippen molar-refractivity contribution >= 4 is 32.7 Å². The lowest BCUT2D eigenvalue weighted by Gasteiger charge is -2.10. The Morgan fingerprint density at radius 2 is 2.35 bits per heavy atom. The topological polar surface area (TPSA) is 65.2 Å². The summed E-state index contributed by atoms with van der Waals surface area (Å²) in [6.07, 6.45) is 0.742. The van der Waals surface area contributed by atoms with Crippen molar-refractivity contribution in [1.82, 2.24) is 4.98 Å². The minimum Gasteiger partial charge on any atom is -0.459 e. The maximum Gasteiger partial charge on any atom is 0.338 e. The molecular formula is C12H14N2O2S. The van der Waals surface area contributed by atoms with Crippen LogP contribution < -0.4 is 5.73 Å². The number of esters is 1. The average molecular weight is 250 g/mol. The maximum atomic E-state index is 11.8. The quantitative estimate of drug-likeness (QED) is 0.851. The Morgan fingerprint density at radius 1 is 1.59 bits per heavy atom.